The summed E-state index contributed by atoms with van der Waals surface area (Å²) in [4.78, 5) is 61.8. The van der Waals surface area contributed by atoms with Gasteiger partial charge in [-0.2, -0.15) is 10.2 Å². The van der Waals surface area contributed by atoms with Gasteiger partial charge in [-0.15, -0.1) is 0 Å². The third-order valence-corrected chi connectivity index (χ3v) is 8.20. The maximum absolute atomic E-state index is 12.9. The van der Waals surface area contributed by atoms with Gasteiger partial charge in [0.05, 0.1) is 16.7 Å². The number of carboxylic acids is 1. The second-order valence-corrected chi connectivity index (χ2v) is 12.0. The number of Topliss-reactive ketones (excluding diaryl/α,β-unsaturated/α-hetero) is 2. The highest BCUT2D eigenvalue weighted by Crippen LogP contribution is 2.30. The molecule has 6 aromatic rings. The first kappa shape index (κ1) is 38.1. The van der Waals surface area contributed by atoms with E-state index in [1.54, 1.807) is 31.2 Å². The molecule has 0 unspecified atom stereocenters. The van der Waals surface area contributed by atoms with Crippen LogP contribution in [0.15, 0.2) is 119 Å². The van der Waals surface area contributed by atoms with Crippen LogP contribution >= 0.6 is 0 Å². The lowest BCUT2D eigenvalue weighted by molar-refractivity contribution is 0.0696. The summed E-state index contributed by atoms with van der Waals surface area (Å²) >= 11 is 0. The summed E-state index contributed by atoms with van der Waals surface area (Å²) in [7, 11) is 0. The standard InChI is InChI=1S/C21H19N3O4.C20H19N3O3/c1-3-24-20(26)19(22-16-11-7-10-15(12-16)21(27)28)17(13(2)25)18(23-24)14-8-5-4-6-9-14;1-3-23-20(26)19(21-15-10-7-11-16(25)12-15)17(13(2)24)18(22-23)14-8-5-4-6-9-14/h4-12,22H,3H2,1-2H3,(H,27,28);4-12,21,25H,3H2,1-2H3. The number of aryl methyl sites for hydroxylation is 2. The Hall–Kier alpha value is -7.15. The van der Waals surface area contributed by atoms with Gasteiger partial charge in [-0.1, -0.05) is 72.8 Å². The molecule has 13 heteroatoms. The fraction of sp³-hybridized carbons (Fsp3) is 0.146. The predicted molar refractivity (Wildman–Crippen MR) is 207 cm³/mol. The first-order chi connectivity index (χ1) is 25.9. The zero-order valence-electron chi connectivity index (χ0n) is 30.0. The molecule has 0 amide bonds. The van der Waals surface area contributed by atoms with Crippen LogP contribution in [0.4, 0.5) is 22.7 Å². The SMILES string of the molecule is CCn1nc(-c2ccccc2)c(C(C)=O)c(Nc2cccc(C(=O)O)c2)c1=O.CCn1nc(-c2ccccc2)c(C(C)=O)c(Nc2cccc(O)c2)c1=O. The Balaban J connectivity index is 0.000000208. The minimum absolute atomic E-state index is 0.0625. The lowest BCUT2D eigenvalue weighted by Crippen LogP contribution is -2.28. The van der Waals surface area contributed by atoms with Crippen molar-refractivity contribution in [2.45, 2.75) is 40.8 Å². The number of phenolic OH excluding ortho intramolecular Hbond substituents is 1. The van der Waals surface area contributed by atoms with E-state index < -0.39 is 11.5 Å². The number of hydrogen-bond acceptors (Lipinski definition) is 10. The first-order valence-corrected chi connectivity index (χ1v) is 17.0. The second kappa shape index (κ2) is 16.9. The maximum Gasteiger partial charge on any atom is 0.335 e. The molecule has 2 heterocycles. The lowest BCUT2D eigenvalue weighted by Gasteiger charge is -2.16. The number of phenols is 1. The number of rotatable bonds is 11. The van der Waals surface area contributed by atoms with Crippen LogP contribution in [0.1, 0.15) is 58.8 Å². The van der Waals surface area contributed by atoms with Gasteiger partial charge < -0.3 is 20.8 Å². The number of aromatic carboxylic acids is 1. The zero-order valence-corrected chi connectivity index (χ0v) is 30.0. The summed E-state index contributed by atoms with van der Waals surface area (Å²) in [6.45, 7) is 7.07. The average molecular weight is 727 g/mol. The molecule has 4 aromatic carbocycles. The van der Waals surface area contributed by atoms with E-state index in [4.69, 9.17) is 0 Å². The van der Waals surface area contributed by atoms with Crippen molar-refractivity contribution in [3.63, 3.8) is 0 Å². The van der Waals surface area contributed by atoms with Gasteiger partial charge in [0, 0.05) is 41.7 Å². The molecule has 6 rings (SSSR count). The van der Waals surface area contributed by atoms with Gasteiger partial charge in [-0.3, -0.25) is 19.2 Å². The number of carboxylic acid groups (broad SMARTS) is 1. The maximum atomic E-state index is 12.9. The molecule has 0 saturated heterocycles. The number of nitrogens with one attached hydrogen (secondary N) is 2. The first-order valence-electron chi connectivity index (χ1n) is 17.0. The molecule has 0 aliphatic carbocycles. The molecule has 0 bridgehead atoms. The molecule has 54 heavy (non-hydrogen) atoms. The van der Waals surface area contributed by atoms with Gasteiger partial charge in [0.2, 0.25) is 0 Å². The minimum atomic E-state index is -1.08. The van der Waals surface area contributed by atoms with Crippen LogP contribution in [0.5, 0.6) is 5.75 Å². The van der Waals surface area contributed by atoms with E-state index in [2.05, 4.69) is 20.8 Å². The van der Waals surface area contributed by atoms with E-state index in [1.165, 1.54) is 47.5 Å². The molecule has 2 aromatic heterocycles. The van der Waals surface area contributed by atoms with Crippen molar-refractivity contribution >= 4 is 40.3 Å². The van der Waals surface area contributed by atoms with Crippen molar-refractivity contribution in [1.82, 2.24) is 19.6 Å². The van der Waals surface area contributed by atoms with Crippen molar-refractivity contribution in [3.8, 4) is 28.3 Å². The molecule has 0 atom stereocenters. The van der Waals surface area contributed by atoms with E-state index in [1.807, 2.05) is 67.6 Å². The van der Waals surface area contributed by atoms with Gasteiger partial charge >= 0.3 is 5.97 Å². The third kappa shape index (κ3) is 8.48. The van der Waals surface area contributed by atoms with Crippen LogP contribution in [0.25, 0.3) is 22.5 Å². The molecule has 274 valence electrons. The molecule has 0 aliphatic heterocycles. The topological polar surface area (TPSA) is 186 Å². The molecule has 13 nitrogen and oxygen atoms in total. The normalized spacial score (nSPS) is 10.5. The van der Waals surface area contributed by atoms with Crippen molar-refractivity contribution in [2.75, 3.05) is 10.6 Å². The Kier molecular flexibility index (Phi) is 11.9. The zero-order chi connectivity index (χ0) is 38.9. The molecule has 0 radical (unpaired) electrons. The number of benzene rings is 4. The van der Waals surface area contributed by atoms with Gasteiger partial charge in [0.1, 0.15) is 28.5 Å². The predicted octanol–water partition coefficient (Wildman–Crippen LogP) is 7.16. The van der Waals surface area contributed by atoms with Gasteiger partial charge in [0.15, 0.2) is 11.6 Å². The Labute approximate surface area is 310 Å². The van der Waals surface area contributed by atoms with E-state index in [-0.39, 0.29) is 50.9 Å². The second-order valence-electron chi connectivity index (χ2n) is 12.0. The number of carbonyl (C=O) groups is 3. The molecule has 0 saturated carbocycles. The van der Waals surface area contributed by atoms with Crippen LogP contribution in [-0.2, 0) is 13.1 Å². The minimum Gasteiger partial charge on any atom is -0.508 e. The monoisotopic (exact) mass is 726 g/mol. The van der Waals surface area contributed by atoms with Gasteiger partial charge in [-0.25, -0.2) is 14.2 Å². The number of carbonyl (C=O) groups excluding carboxylic acids is 2. The molecule has 0 spiro atoms. The van der Waals surface area contributed by atoms with Crippen LogP contribution in [-0.4, -0.2) is 47.3 Å². The fourth-order valence-corrected chi connectivity index (χ4v) is 5.69. The fourth-order valence-electron chi connectivity index (χ4n) is 5.69. The van der Waals surface area contributed by atoms with Crippen molar-refractivity contribution in [1.29, 1.82) is 0 Å². The van der Waals surface area contributed by atoms with Crippen LogP contribution in [0, 0.1) is 0 Å². The Morgan fingerprint density at radius 3 is 1.43 bits per heavy atom. The summed E-state index contributed by atoms with van der Waals surface area (Å²) in [5, 5.41) is 33.6. The van der Waals surface area contributed by atoms with Gasteiger partial charge in [0.25, 0.3) is 11.1 Å². The summed E-state index contributed by atoms with van der Waals surface area (Å²) in [6.07, 6.45) is 0. The number of nitrogens with zero attached hydrogens (tertiary/aromatic N) is 4. The van der Waals surface area contributed by atoms with Crippen LogP contribution in [0.2, 0.25) is 0 Å². The number of ketones is 2. The molecule has 0 fully saturated rings. The average Bonchev–Trinajstić information content (AvgIpc) is 3.17. The molecular weight excluding hydrogens is 688 g/mol. The lowest BCUT2D eigenvalue weighted by atomic mass is 10.0. The molecule has 0 aliphatic rings. The third-order valence-electron chi connectivity index (χ3n) is 8.20. The van der Waals surface area contributed by atoms with Crippen molar-refractivity contribution in [3.05, 3.63) is 147 Å². The quantitative estimate of drug-likeness (QED) is 0.0993. The number of aromatic hydroxyl groups is 1. The Bertz CT molecular complexity index is 2460. The number of aromatic nitrogens is 4. The highest BCUT2D eigenvalue weighted by molar-refractivity contribution is 6.06. The van der Waals surface area contributed by atoms with Crippen molar-refractivity contribution in [2.24, 2.45) is 0 Å². The highest BCUT2D eigenvalue weighted by Gasteiger charge is 2.23. The summed E-state index contributed by atoms with van der Waals surface area (Å²) < 4.78 is 2.60. The Morgan fingerprint density at radius 1 is 0.611 bits per heavy atom. The van der Waals surface area contributed by atoms with Crippen LogP contribution in [0.3, 0.4) is 0 Å². The number of hydrogen-bond donors (Lipinski definition) is 4. The van der Waals surface area contributed by atoms with E-state index in [0.29, 0.717) is 41.4 Å². The summed E-state index contributed by atoms with van der Waals surface area (Å²) in [5.41, 5.74) is 3.06. The molecule has 4 N–H and O–H groups in total. The number of anilines is 4. The summed E-state index contributed by atoms with van der Waals surface area (Å²) in [6, 6.07) is 30.8. The van der Waals surface area contributed by atoms with E-state index in [0.717, 1.165) is 5.56 Å². The summed E-state index contributed by atoms with van der Waals surface area (Å²) in [5.74, 6) is -1.60. The van der Waals surface area contributed by atoms with Gasteiger partial charge in [-0.05, 0) is 58.0 Å². The highest BCUT2D eigenvalue weighted by atomic mass is 16.4. The van der Waals surface area contributed by atoms with E-state index >= 15 is 0 Å². The smallest absolute Gasteiger partial charge is 0.335 e. The van der Waals surface area contributed by atoms with E-state index in [9.17, 15) is 34.2 Å². The largest absolute Gasteiger partial charge is 0.508 e. The Morgan fingerprint density at radius 2 is 1.04 bits per heavy atom. The molecular formula is C41H38N6O7. The van der Waals surface area contributed by atoms with Crippen LogP contribution < -0.4 is 21.8 Å². The van der Waals surface area contributed by atoms with Crippen molar-refractivity contribution < 1.29 is 24.6 Å².